The third kappa shape index (κ3) is 2.54. The smallest absolute Gasteiger partial charge is 0.115 e. The minimum absolute atomic E-state index is 0.342. The van der Waals surface area contributed by atoms with E-state index >= 15 is 0 Å². The molecule has 0 radical (unpaired) electrons. The average Bonchev–Trinajstić information content (AvgIpc) is 2.40. The first-order chi connectivity index (χ1) is 8.49. The van der Waals surface area contributed by atoms with E-state index in [1.807, 2.05) is 0 Å². The summed E-state index contributed by atoms with van der Waals surface area (Å²) in [6, 6.07) is 0. The zero-order valence-electron chi connectivity index (χ0n) is 11.4. The summed E-state index contributed by atoms with van der Waals surface area (Å²) in [7, 11) is 1.69. The van der Waals surface area contributed by atoms with Gasteiger partial charge in [-0.15, -0.1) is 0 Å². The first kappa shape index (κ1) is 13.4. The molecule has 4 nitrogen and oxygen atoms in total. The van der Waals surface area contributed by atoms with Crippen molar-refractivity contribution in [3.8, 4) is 0 Å². The Morgan fingerprint density at radius 3 is 2.22 bits per heavy atom. The van der Waals surface area contributed by atoms with Crippen molar-refractivity contribution < 1.29 is 9.84 Å². The molecule has 0 spiro atoms. The Bertz CT molecular complexity index is 382. The van der Waals surface area contributed by atoms with Crippen LogP contribution in [0.2, 0.25) is 0 Å². The Morgan fingerprint density at radius 2 is 1.72 bits per heavy atom. The largest absolute Gasteiger partial charge is 0.385 e. The molecule has 18 heavy (non-hydrogen) atoms. The first-order valence-corrected chi connectivity index (χ1v) is 6.47. The minimum atomic E-state index is -0.653. The number of aliphatic hydroxyl groups is 1. The lowest BCUT2D eigenvalue weighted by Crippen LogP contribution is -2.44. The van der Waals surface area contributed by atoms with Crippen LogP contribution in [-0.4, -0.2) is 27.8 Å². The van der Waals surface area contributed by atoms with Gasteiger partial charge in [-0.2, -0.15) is 0 Å². The van der Waals surface area contributed by atoms with Crippen molar-refractivity contribution in [2.45, 2.75) is 51.2 Å². The number of rotatable bonds is 3. The molecule has 1 heterocycles. The van der Waals surface area contributed by atoms with Gasteiger partial charge in [0.15, 0.2) is 0 Å². The number of ether oxygens (including phenoxy) is 1. The van der Waals surface area contributed by atoms with E-state index in [2.05, 4.69) is 23.8 Å². The van der Waals surface area contributed by atoms with Crippen molar-refractivity contribution in [1.82, 2.24) is 9.97 Å². The van der Waals surface area contributed by atoms with Crippen molar-refractivity contribution in [3.63, 3.8) is 0 Å². The van der Waals surface area contributed by atoms with Crippen LogP contribution in [-0.2, 0) is 4.74 Å². The molecule has 100 valence electrons. The molecular formula is C14H22N2O2. The van der Waals surface area contributed by atoms with E-state index in [1.54, 1.807) is 19.5 Å². The molecule has 2 rings (SSSR count). The molecule has 1 N–H and O–H groups in total. The third-order valence-electron chi connectivity index (χ3n) is 4.25. The van der Waals surface area contributed by atoms with Crippen molar-refractivity contribution >= 4 is 0 Å². The van der Waals surface area contributed by atoms with Crippen LogP contribution >= 0.6 is 0 Å². The fourth-order valence-electron chi connectivity index (χ4n) is 2.69. The van der Waals surface area contributed by atoms with E-state index in [0.29, 0.717) is 5.41 Å². The fraction of sp³-hybridized carbons (Fsp3) is 0.714. The maximum Gasteiger partial charge on any atom is 0.115 e. The van der Waals surface area contributed by atoms with E-state index < -0.39 is 11.7 Å². The highest BCUT2D eigenvalue weighted by Gasteiger charge is 2.44. The number of aliphatic hydroxyl groups excluding tert-OH is 1. The summed E-state index contributed by atoms with van der Waals surface area (Å²) in [5, 5.41) is 10.6. The molecule has 0 saturated heterocycles. The van der Waals surface area contributed by atoms with Gasteiger partial charge in [0.2, 0.25) is 0 Å². The number of methoxy groups -OCH3 is 1. The summed E-state index contributed by atoms with van der Waals surface area (Å²) in [6.07, 6.45) is 8.01. The molecule has 1 aliphatic rings. The summed E-state index contributed by atoms with van der Waals surface area (Å²) in [5.74, 6) is 0. The van der Waals surface area contributed by atoms with Gasteiger partial charge in [0.25, 0.3) is 0 Å². The number of nitrogens with zero attached hydrogens (tertiary/aromatic N) is 2. The Hall–Kier alpha value is -1.00. The van der Waals surface area contributed by atoms with Crippen molar-refractivity contribution in [3.05, 3.63) is 24.3 Å². The zero-order chi connectivity index (χ0) is 13.2. The molecule has 0 aliphatic heterocycles. The van der Waals surface area contributed by atoms with Crippen molar-refractivity contribution in [1.29, 1.82) is 0 Å². The topological polar surface area (TPSA) is 55.2 Å². The highest BCUT2D eigenvalue weighted by molar-refractivity contribution is 5.13. The molecule has 1 aromatic rings. The van der Waals surface area contributed by atoms with Crippen molar-refractivity contribution in [2.75, 3.05) is 7.11 Å². The van der Waals surface area contributed by atoms with E-state index in [9.17, 15) is 5.11 Å². The first-order valence-electron chi connectivity index (χ1n) is 6.47. The second-order valence-electron chi connectivity index (χ2n) is 6.01. The summed E-state index contributed by atoms with van der Waals surface area (Å²) in [6.45, 7) is 4.54. The van der Waals surface area contributed by atoms with Gasteiger partial charge in [-0.1, -0.05) is 13.8 Å². The van der Waals surface area contributed by atoms with Gasteiger partial charge < -0.3 is 9.84 Å². The van der Waals surface area contributed by atoms with E-state index in [4.69, 9.17) is 4.74 Å². The van der Waals surface area contributed by atoms with Gasteiger partial charge >= 0.3 is 0 Å². The molecule has 1 saturated carbocycles. The summed E-state index contributed by atoms with van der Waals surface area (Å²) in [4.78, 5) is 7.94. The van der Waals surface area contributed by atoms with E-state index in [1.165, 1.54) is 6.33 Å². The molecule has 1 atom stereocenters. The molecule has 4 heteroatoms. The van der Waals surface area contributed by atoms with Crippen LogP contribution in [0.1, 0.15) is 51.2 Å². The minimum Gasteiger partial charge on any atom is -0.385 e. The van der Waals surface area contributed by atoms with Crippen LogP contribution < -0.4 is 0 Å². The van der Waals surface area contributed by atoms with Crippen LogP contribution in [0.5, 0.6) is 0 Å². The predicted molar refractivity (Wildman–Crippen MR) is 69.0 cm³/mol. The molecule has 0 amide bonds. The van der Waals surface area contributed by atoms with Gasteiger partial charge in [0.1, 0.15) is 12.4 Å². The van der Waals surface area contributed by atoms with E-state index in [0.717, 1.165) is 31.2 Å². The van der Waals surface area contributed by atoms with Crippen LogP contribution in [0.4, 0.5) is 0 Å². The Kier molecular flexibility index (Phi) is 3.69. The van der Waals surface area contributed by atoms with Gasteiger partial charge in [0.05, 0.1) is 5.60 Å². The standard InChI is InChI=1S/C14H22N2O2/c1-13(2)4-6-14(18-3,7-5-13)12(17)11-8-15-10-16-9-11/h8-10,12,17H,4-7H2,1-3H3. The normalized spacial score (nSPS) is 23.6. The SMILES string of the molecule is COC1(C(O)c2cncnc2)CCC(C)(C)CC1. The molecule has 0 bridgehead atoms. The predicted octanol–water partition coefficient (Wildman–Crippen LogP) is 2.50. The highest BCUT2D eigenvalue weighted by atomic mass is 16.5. The molecule has 1 fully saturated rings. The van der Waals surface area contributed by atoms with Crippen LogP contribution in [0.3, 0.4) is 0 Å². The Labute approximate surface area is 108 Å². The maximum atomic E-state index is 10.6. The number of hydrogen-bond donors (Lipinski definition) is 1. The molecule has 0 aromatic carbocycles. The third-order valence-corrected chi connectivity index (χ3v) is 4.25. The lowest BCUT2D eigenvalue weighted by atomic mass is 9.68. The number of aromatic nitrogens is 2. The summed E-state index contributed by atoms with van der Waals surface area (Å²) in [5.41, 5.74) is 0.592. The van der Waals surface area contributed by atoms with Crippen molar-refractivity contribution in [2.24, 2.45) is 5.41 Å². The monoisotopic (exact) mass is 250 g/mol. The van der Waals surface area contributed by atoms with Crippen LogP contribution in [0.25, 0.3) is 0 Å². The summed E-state index contributed by atoms with van der Waals surface area (Å²) < 4.78 is 5.68. The molecular weight excluding hydrogens is 228 g/mol. The summed E-state index contributed by atoms with van der Waals surface area (Å²) >= 11 is 0. The molecule has 1 unspecified atom stereocenters. The van der Waals surface area contributed by atoms with Gasteiger partial charge in [0, 0.05) is 25.1 Å². The lowest BCUT2D eigenvalue weighted by Gasteiger charge is -2.45. The van der Waals surface area contributed by atoms with Gasteiger partial charge in [-0.3, -0.25) is 0 Å². The fourth-order valence-corrected chi connectivity index (χ4v) is 2.69. The Morgan fingerprint density at radius 1 is 1.17 bits per heavy atom. The van der Waals surface area contributed by atoms with Crippen LogP contribution in [0.15, 0.2) is 18.7 Å². The van der Waals surface area contributed by atoms with Gasteiger partial charge in [-0.25, -0.2) is 9.97 Å². The molecule has 1 aliphatic carbocycles. The van der Waals surface area contributed by atoms with Crippen LogP contribution in [0, 0.1) is 5.41 Å². The number of hydrogen-bond acceptors (Lipinski definition) is 4. The second-order valence-corrected chi connectivity index (χ2v) is 6.01. The maximum absolute atomic E-state index is 10.6. The Balaban J connectivity index is 2.19. The molecule has 1 aromatic heterocycles. The van der Waals surface area contributed by atoms with E-state index in [-0.39, 0.29) is 0 Å². The zero-order valence-corrected chi connectivity index (χ0v) is 11.4. The quantitative estimate of drug-likeness (QED) is 0.895. The van der Waals surface area contributed by atoms with Gasteiger partial charge in [-0.05, 0) is 31.1 Å². The highest BCUT2D eigenvalue weighted by Crippen LogP contribution is 2.47. The lowest BCUT2D eigenvalue weighted by molar-refractivity contribution is -0.138. The average molecular weight is 250 g/mol. The second kappa shape index (κ2) is 4.94.